The number of aryl methyl sites for hydroxylation is 1. The van der Waals surface area contributed by atoms with Crippen LogP contribution in [0.15, 0.2) is 52.3 Å². The van der Waals surface area contributed by atoms with Gasteiger partial charge in [-0.05, 0) is 30.7 Å². The summed E-state index contributed by atoms with van der Waals surface area (Å²) in [5, 5.41) is 7.72. The third-order valence-corrected chi connectivity index (χ3v) is 5.72. The second kappa shape index (κ2) is 4.97. The van der Waals surface area contributed by atoms with Gasteiger partial charge in [0.1, 0.15) is 0 Å². The van der Waals surface area contributed by atoms with Gasteiger partial charge in [-0.25, -0.2) is 8.42 Å². The SMILES string of the molecule is Cc1ccccc1S(=O)(=O)C1=CC(=N)C(I)C=C1. The predicted octanol–water partition coefficient (Wildman–Crippen LogP) is 3.05. The number of hydrogen-bond donors (Lipinski definition) is 1. The molecule has 1 aromatic rings. The first kappa shape index (κ1) is 13.5. The summed E-state index contributed by atoms with van der Waals surface area (Å²) >= 11 is 2.09. The lowest BCUT2D eigenvalue weighted by molar-refractivity contribution is 0.602. The minimum Gasteiger partial charge on any atom is -0.304 e. The highest BCUT2D eigenvalue weighted by Gasteiger charge is 2.24. The standard InChI is InChI=1S/C13H12INO2S/c1-9-4-2-3-5-13(9)18(16,17)10-6-7-11(14)12(15)8-10/h2-8,11,15H,1H3. The van der Waals surface area contributed by atoms with Crippen molar-refractivity contribution in [2.45, 2.75) is 15.7 Å². The molecule has 1 aliphatic carbocycles. The van der Waals surface area contributed by atoms with Crippen LogP contribution in [0.3, 0.4) is 0 Å². The minimum atomic E-state index is -3.52. The Kier molecular flexibility index (Phi) is 3.72. The van der Waals surface area contributed by atoms with Gasteiger partial charge in [0.15, 0.2) is 0 Å². The molecule has 0 spiro atoms. The van der Waals surface area contributed by atoms with Crippen molar-refractivity contribution in [2.24, 2.45) is 0 Å². The van der Waals surface area contributed by atoms with E-state index in [1.807, 2.05) is 6.07 Å². The molecule has 18 heavy (non-hydrogen) atoms. The summed E-state index contributed by atoms with van der Waals surface area (Å²) in [4.78, 5) is 0.496. The highest BCUT2D eigenvalue weighted by Crippen LogP contribution is 2.26. The van der Waals surface area contributed by atoms with Crippen LogP contribution in [0, 0.1) is 12.3 Å². The van der Waals surface area contributed by atoms with Crippen LogP contribution in [0.2, 0.25) is 0 Å². The van der Waals surface area contributed by atoms with Gasteiger partial charge in [-0.1, -0.05) is 46.9 Å². The third kappa shape index (κ3) is 2.42. The number of halogens is 1. The quantitative estimate of drug-likeness (QED) is 0.640. The van der Waals surface area contributed by atoms with Crippen LogP contribution in [0.4, 0.5) is 0 Å². The fraction of sp³-hybridized carbons (Fsp3) is 0.154. The molecular weight excluding hydrogens is 361 g/mol. The van der Waals surface area contributed by atoms with Crippen LogP contribution >= 0.6 is 22.6 Å². The number of nitrogens with one attached hydrogen (secondary N) is 1. The van der Waals surface area contributed by atoms with Crippen molar-refractivity contribution in [2.75, 3.05) is 0 Å². The van der Waals surface area contributed by atoms with E-state index >= 15 is 0 Å². The maximum Gasteiger partial charge on any atom is 0.206 e. The first-order valence-electron chi connectivity index (χ1n) is 5.36. The van der Waals surface area contributed by atoms with Crippen LogP contribution in [0.25, 0.3) is 0 Å². The summed E-state index contributed by atoms with van der Waals surface area (Å²) in [5.74, 6) is 0. The molecule has 0 heterocycles. The van der Waals surface area contributed by atoms with Gasteiger partial charge in [0.25, 0.3) is 0 Å². The topological polar surface area (TPSA) is 58.0 Å². The minimum absolute atomic E-state index is 0.0570. The number of hydrogen-bond acceptors (Lipinski definition) is 3. The molecule has 0 fully saturated rings. The molecule has 5 heteroatoms. The Balaban J connectivity index is 2.52. The van der Waals surface area contributed by atoms with Gasteiger partial charge in [-0.3, -0.25) is 0 Å². The highest BCUT2D eigenvalue weighted by atomic mass is 127. The van der Waals surface area contributed by atoms with Gasteiger partial charge in [0.05, 0.1) is 13.7 Å². The van der Waals surface area contributed by atoms with E-state index in [0.29, 0.717) is 10.6 Å². The van der Waals surface area contributed by atoms with Gasteiger partial charge in [0.2, 0.25) is 9.84 Å². The predicted molar refractivity (Wildman–Crippen MR) is 81.1 cm³/mol. The molecule has 2 rings (SSSR count). The van der Waals surface area contributed by atoms with Crippen LogP contribution in [-0.4, -0.2) is 18.1 Å². The van der Waals surface area contributed by atoms with Crippen molar-refractivity contribution in [3.63, 3.8) is 0 Å². The molecule has 0 amide bonds. The summed E-state index contributed by atoms with van der Waals surface area (Å²) in [6.45, 7) is 1.77. The van der Waals surface area contributed by atoms with Crippen LogP contribution in [0.1, 0.15) is 5.56 Å². The molecule has 0 saturated carbocycles. The van der Waals surface area contributed by atoms with Crippen molar-refractivity contribution in [3.05, 3.63) is 53.0 Å². The molecule has 1 unspecified atom stereocenters. The zero-order chi connectivity index (χ0) is 13.3. The number of allylic oxidation sites excluding steroid dienone is 3. The zero-order valence-electron chi connectivity index (χ0n) is 9.72. The normalized spacial score (nSPS) is 19.8. The molecule has 94 valence electrons. The lowest BCUT2D eigenvalue weighted by Crippen LogP contribution is -2.15. The second-order valence-electron chi connectivity index (χ2n) is 4.03. The summed E-state index contributed by atoms with van der Waals surface area (Å²) in [6, 6.07) is 6.88. The van der Waals surface area contributed by atoms with E-state index in [9.17, 15) is 8.42 Å². The fourth-order valence-electron chi connectivity index (χ4n) is 1.72. The van der Waals surface area contributed by atoms with Crippen LogP contribution in [0.5, 0.6) is 0 Å². The Morgan fingerprint density at radius 1 is 1.28 bits per heavy atom. The maximum atomic E-state index is 12.4. The van der Waals surface area contributed by atoms with Crippen LogP contribution in [-0.2, 0) is 9.84 Å². The molecule has 1 aliphatic rings. The van der Waals surface area contributed by atoms with Gasteiger partial charge >= 0.3 is 0 Å². The lowest BCUT2D eigenvalue weighted by atomic mass is 10.2. The maximum absolute atomic E-state index is 12.4. The van der Waals surface area contributed by atoms with E-state index in [1.165, 1.54) is 6.08 Å². The van der Waals surface area contributed by atoms with Gasteiger partial charge < -0.3 is 5.41 Å². The Morgan fingerprint density at radius 3 is 2.56 bits per heavy atom. The van der Waals surface area contributed by atoms with E-state index < -0.39 is 9.84 Å². The van der Waals surface area contributed by atoms with Gasteiger partial charge in [-0.2, -0.15) is 0 Å². The van der Waals surface area contributed by atoms with Crippen molar-refractivity contribution >= 4 is 38.1 Å². The molecular formula is C13H12INO2S. The second-order valence-corrected chi connectivity index (χ2v) is 7.29. The lowest BCUT2D eigenvalue weighted by Gasteiger charge is -2.13. The smallest absolute Gasteiger partial charge is 0.206 e. The fourth-order valence-corrected chi connectivity index (χ4v) is 3.65. The number of sulfone groups is 1. The Hall–Kier alpha value is -0.950. The largest absolute Gasteiger partial charge is 0.304 e. The van der Waals surface area contributed by atoms with E-state index in [1.54, 1.807) is 37.3 Å². The van der Waals surface area contributed by atoms with Gasteiger partial charge in [-0.15, -0.1) is 0 Å². The van der Waals surface area contributed by atoms with Crippen molar-refractivity contribution in [3.8, 4) is 0 Å². The highest BCUT2D eigenvalue weighted by molar-refractivity contribution is 14.1. The first-order valence-corrected chi connectivity index (χ1v) is 8.09. The molecule has 1 atom stereocenters. The zero-order valence-corrected chi connectivity index (χ0v) is 12.7. The first-order chi connectivity index (χ1) is 8.43. The van der Waals surface area contributed by atoms with Crippen molar-refractivity contribution in [1.29, 1.82) is 5.41 Å². The average molecular weight is 373 g/mol. The molecule has 3 nitrogen and oxygen atoms in total. The molecule has 1 N–H and O–H groups in total. The van der Waals surface area contributed by atoms with E-state index in [0.717, 1.165) is 5.56 Å². The number of benzene rings is 1. The summed E-state index contributed by atoms with van der Waals surface area (Å²) in [7, 11) is -3.52. The van der Waals surface area contributed by atoms with Crippen LogP contribution < -0.4 is 0 Å². The molecule has 0 aromatic heterocycles. The summed E-state index contributed by atoms with van der Waals surface area (Å²) < 4.78 is 24.8. The molecule has 0 bridgehead atoms. The molecule has 0 radical (unpaired) electrons. The third-order valence-electron chi connectivity index (χ3n) is 2.72. The monoisotopic (exact) mass is 373 g/mol. The number of alkyl halides is 1. The van der Waals surface area contributed by atoms with E-state index in [4.69, 9.17) is 5.41 Å². The Labute approximate surface area is 120 Å². The summed E-state index contributed by atoms with van der Waals surface area (Å²) in [6.07, 6.45) is 4.74. The van der Waals surface area contributed by atoms with E-state index in [-0.39, 0.29) is 8.83 Å². The Morgan fingerprint density at radius 2 is 1.94 bits per heavy atom. The number of rotatable bonds is 2. The van der Waals surface area contributed by atoms with Gasteiger partial charge in [0, 0.05) is 5.71 Å². The Bertz CT molecular complexity index is 659. The van der Waals surface area contributed by atoms with Crippen molar-refractivity contribution < 1.29 is 8.42 Å². The van der Waals surface area contributed by atoms with E-state index in [2.05, 4.69) is 22.6 Å². The summed E-state index contributed by atoms with van der Waals surface area (Å²) in [5.41, 5.74) is 1.03. The molecule has 1 aromatic carbocycles. The molecule has 0 saturated heterocycles. The van der Waals surface area contributed by atoms with Crippen molar-refractivity contribution in [1.82, 2.24) is 0 Å². The average Bonchev–Trinajstić information content (AvgIpc) is 2.33. The molecule has 0 aliphatic heterocycles.